The second-order valence-electron chi connectivity index (χ2n) is 8.13. The zero-order chi connectivity index (χ0) is 23.5. The quantitative estimate of drug-likeness (QED) is 0.310. The molecule has 2 aromatic carbocycles. The van der Waals surface area contributed by atoms with Gasteiger partial charge in [0, 0.05) is 34.6 Å². The van der Waals surface area contributed by atoms with Crippen LogP contribution in [-0.2, 0) is 6.42 Å². The van der Waals surface area contributed by atoms with Crippen molar-refractivity contribution >= 4 is 51.5 Å². The molecule has 5 nitrogen and oxygen atoms in total. The van der Waals surface area contributed by atoms with Crippen molar-refractivity contribution in [3.8, 4) is 0 Å². The van der Waals surface area contributed by atoms with Crippen LogP contribution in [-0.4, -0.2) is 36.8 Å². The van der Waals surface area contributed by atoms with E-state index in [0.717, 1.165) is 25.2 Å². The molecule has 0 saturated carbocycles. The monoisotopic (exact) mass is 505 g/mol. The first-order valence-electron chi connectivity index (χ1n) is 11.1. The summed E-state index contributed by atoms with van der Waals surface area (Å²) in [5.41, 5.74) is 5.71. The Labute approximate surface area is 208 Å². The van der Waals surface area contributed by atoms with Crippen molar-refractivity contribution in [2.45, 2.75) is 32.6 Å². The highest BCUT2D eigenvalue weighted by atomic mass is 35.5. The first-order chi connectivity index (χ1) is 15.9. The van der Waals surface area contributed by atoms with Crippen LogP contribution >= 0.6 is 34.8 Å². The Morgan fingerprint density at radius 2 is 1.79 bits per heavy atom. The van der Waals surface area contributed by atoms with Gasteiger partial charge < -0.3 is 14.7 Å². The summed E-state index contributed by atoms with van der Waals surface area (Å²) >= 11 is 18.8. The highest BCUT2D eigenvalue weighted by Crippen LogP contribution is 2.37. The number of benzene rings is 2. The van der Waals surface area contributed by atoms with Crippen LogP contribution in [0.1, 0.15) is 43.1 Å². The van der Waals surface area contributed by atoms with E-state index < -0.39 is 0 Å². The number of halogens is 3. The Hall–Kier alpha value is -2.05. The topological polar surface area (TPSA) is 57.8 Å². The van der Waals surface area contributed by atoms with Gasteiger partial charge in [-0.1, -0.05) is 54.7 Å². The lowest BCUT2D eigenvalue weighted by Crippen LogP contribution is -2.32. The molecule has 0 amide bonds. The summed E-state index contributed by atoms with van der Waals surface area (Å²) in [4.78, 5) is 15.8. The average Bonchev–Trinajstić information content (AvgIpc) is 2.79. The Kier molecular flexibility index (Phi) is 7.65. The van der Waals surface area contributed by atoms with Crippen LogP contribution in [0.2, 0.25) is 15.1 Å². The minimum Gasteiger partial charge on any atom is -0.460 e. The predicted octanol–water partition coefficient (Wildman–Crippen LogP) is 6.12. The van der Waals surface area contributed by atoms with Gasteiger partial charge >= 0.3 is 0 Å². The van der Waals surface area contributed by atoms with Gasteiger partial charge in [-0.05, 0) is 61.3 Å². The van der Waals surface area contributed by atoms with Gasteiger partial charge in [-0.3, -0.25) is 4.79 Å². The van der Waals surface area contributed by atoms with E-state index in [0.29, 0.717) is 62.5 Å². The normalized spacial score (nSPS) is 17.0. The molecule has 1 aliphatic rings. The van der Waals surface area contributed by atoms with Crippen molar-refractivity contribution in [2.75, 3.05) is 26.2 Å². The van der Waals surface area contributed by atoms with Gasteiger partial charge in [0.25, 0.3) is 0 Å². The van der Waals surface area contributed by atoms with Crippen molar-refractivity contribution in [2.24, 2.45) is 5.10 Å². The molecule has 0 saturated heterocycles. The molecular weight excluding hydrogens is 481 g/mol. The van der Waals surface area contributed by atoms with Crippen molar-refractivity contribution in [1.82, 2.24) is 10.3 Å². The van der Waals surface area contributed by atoms with Gasteiger partial charge in [0.1, 0.15) is 11.3 Å². The van der Waals surface area contributed by atoms with E-state index in [-0.39, 0.29) is 11.3 Å². The van der Waals surface area contributed by atoms with E-state index in [4.69, 9.17) is 39.2 Å². The summed E-state index contributed by atoms with van der Waals surface area (Å²) in [5.74, 6) is 0.625. The van der Waals surface area contributed by atoms with Gasteiger partial charge in [0.15, 0.2) is 0 Å². The summed E-state index contributed by atoms with van der Waals surface area (Å²) in [6.45, 7) is 7.77. The van der Waals surface area contributed by atoms with Crippen molar-refractivity contribution < 1.29 is 4.42 Å². The molecule has 8 heteroatoms. The molecule has 1 unspecified atom stereocenters. The molecule has 1 atom stereocenters. The number of hydrogen-bond acceptors (Lipinski definition) is 5. The zero-order valence-corrected chi connectivity index (χ0v) is 20.9. The molecule has 1 N–H and O–H groups in total. The molecule has 0 fully saturated rings. The first kappa shape index (κ1) is 24.1. The van der Waals surface area contributed by atoms with E-state index >= 15 is 0 Å². The fraction of sp³-hybridized carbons (Fsp3) is 0.360. The summed E-state index contributed by atoms with van der Waals surface area (Å²) in [6, 6.07) is 10.6. The van der Waals surface area contributed by atoms with Crippen molar-refractivity contribution in [3.05, 3.63) is 78.6 Å². The van der Waals surface area contributed by atoms with E-state index in [2.05, 4.69) is 29.3 Å². The maximum atomic E-state index is 13.4. The van der Waals surface area contributed by atoms with E-state index in [9.17, 15) is 4.79 Å². The minimum absolute atomic E-state index is 0.0125. The van der Waals surface area contributed by atoms with E-state index in [1.54, 1.807) is 24.3 Å². The van der Waals surface area contributed by atoms with Crippen LogP contribution in [0.15, 0.2) is 50.7 Å². The van der Waals surface area contributed by atoms with E-state index in [1.165, 1.54) is 0 Å². The fourth-order valence-corrected chi connectivity index (χ4v) is 5.07. The lowest BCUT2D eigenvalue weighted by molar-refractivity contribution is 0.303. The fourth-order valence-electron chi connectivity index (χ4n) is 4.33. The Balaban J connectivity index is 1.75. The van der Waals surface area contributed by atoms with E-state index in [1.807, 2.05) is 12.1 Å². The summed E-state index contributed by atoms with van der Waals surface area (Å²) in [6.07, 6.45) is 1.10. The van der Waals surface area contributed by atoms with Crippen LogP contribution in [0.3, 0.4) is 0 Å². The number of fused-ring (bicyclic) bond motifs is 2. The maximum absolute atomic E-state index is 13.4. The standard InChI is InChI=1S/C25H26Cl3N3O2/c1-3-31(4-2)10-9-29-30-21-11-15(18-7-5-17(27)14-20(18)28)12-23-24(21)25(32)19-13-16(26)6-8-22(19)33-23/h5-8,13-15,29H,3-4,9-12H2,1-2H3/b30-21+. The van der Waals surface area contributed by atoms with Gasteiger partial charge in [-0.15, -0.1) is 0 Å². The number of hydrogen-bond donors (Lipinski definition) is 1. The summed E-state index contributed by atoms with van der Waals surface area (Å²) < 4.78 is 6.20. The Morgan fingerprint density at radius 3 is 2.52 bits per heavy atom. The highest BCUT2D eigenvalue weighted by molar-refractivity contribution is 6.35. The minimum atomic E-state index is -0.112. The molecular formula is C25H26Cl3N3O2. The SMILES string of the molecule is CCN(CC)CCN/N=C1\CC(c2ccc(Cl)cc2Cl)Cc2oc3ccc(Cl)cc3c(=O)c21. The lowest BCUT2D eigenvalue weighted by Gasteiger charge is -2.26. The molecule has 1 aliphatic carbocycles. The van der Waals surface area contributed by atoms with Gasteiger partial charge in [-0.25, -0.2) is 0 Å². The highest BCUT2D eigenvalue weighted by Gasteiger charge is 2.31. The number of nitrogens with zero attached hydrogens (tertiary/aromatic N) is 2. The summed E-state index contributed by atoms with van der Waals surface area (Å²) in [5, 5.41) is 6.79. The molecule has 1 heterocycles. The zero-order valence-electron chi connectivity index (χ0n) is 18.6. The molecule has 0 aliphatic heterocycles. The molecule has 4 rings (SSSR count). The molecule has 0 spiro atoms. The van der Waals surface area contributed by atoms with Crippen LogP contribution in [0.4, 0.5) is 0 Å². The predicted molar refractivity (Wildman–Crippen MR) is 137 cm³/mol. The van der Waals surface area contributed by atoms with Crippen molar-refractivity contribution in [1.29, 1.82) is 0 Å². The Bertz CT molecular complexity index is 1250. The average molecular weight is 507 g/mol. The van der Waals surface area contributed by atoms with Crippen LogP contribution < -0.4 is 10.9 Å². The number of hydrazone groups is 1. The maximum Gasteiger partial charge on any atom is 0.202 e. The number of rotatable bonds is 7. The first-order valence-corrected chi connectivity index (χ1v) is 12.3. The Morgan fingerprint density at radius 1 is 1.06 bits per heavy atom. The largest absolute Gasteiger partial charge is 0.460 e. The smallest absolute Gasteiger partial charge is 0.202 e. The second-order valence-corrected chi connectivity index (χ2v) is 9.41. The molecule has 174 valence electrons. The molecule has 3 aromatic rings. The van der Waals surface area contributed by atoms with Gasteiger partial charge in [0.2, 0.25) is 5.43 Å². The molecule has 0 radical (unpaired) electrons. The number of likely N-dealkylation sites (N-methyl/N-ethyl adjacent to an activating group) is 1. The third kappa shape index (κ3) is 5.22. The molecule has 1 aromatic heterocycles. The van der Waals surface area contributed by atoms with Crippen LogP contribution in [0.5, 0.6) is 0 Å². The van der Waals surface area contributed by atoms with Gasteiger partial charge in [0.05, 0.1) is 16.7 Å². The second kappa shape index (κ2) is 10.5. The third-order valence-electron chi connectivity index (χ3n) is 6.14. The summed E-state index contributed by atoms with van der Waals surface area (Å²) in [7, 11) is 0. The lowest BCUT2D eigenvalue weighted by atomic mass is 9.81. The molecule has 0 bridgehead atoms. The van der Waals surface area contributed by atoms with Gasteiger partial charge in [-0.2, -0.15) is 5.10 Å². The van der Waals surface area contributed by atoms with Crippen LogP contribution in [0.25, 0.3) is 11.0 Å². The number of nitrogens with one attached hydrogen (secondary N) is 1. The van der Waals surface area contributed by atoms with Crippen molar-refractivity contribution in [3.63, 3.8) is 0 Å². The van der Waals surface area contributed by atoms with Crippen LogP contribution in [0, 0.1) is 0 Å². The third-order valence-corrected chi connectivity index (χ3v) is 6.93. The molecule has 33 heavy (non-hydrogen) atoms.